The topological polar surface area (TPSA) is 50.1 Å². The maximum atomic E-state index is 11.1. The van der Waals surface area contributed by atoms with E-state index < -0.39 is 0 Å². The number of nitrogens with zero attached hydrogens (tertiary/aromatic N) is 1. The van der Waals surface area contributed by atoms with Crippen LogP contribution in [0.25, 0.3) is 0 Å². The van der Waals surface area contributed by atoms with Crippen LogP contribution in [0.4, 0.5) is 0 Å². The minimum absolute atomic E-state index is 0.341. The number of methoxy groups -OCH3 is 1. The number of ether oxygens (including phenoxy) is 1. The highest BCUT2D eigenvalue weighted by Gasteiger charge is 2.18. The summed E-state index contributed by atoms with van der Waals surface area (Å²) in [5.74, 6) is -0.341. The average molecular weight is 165 g/mol. The van der Waals surface area contributed by atoms with Crippen molar-refractivity contribution in [1.82, 2.24) is 0 Å². The van der Waals surface area contributed by atoms with Gasteiger partial charge < -0.3 is 4.74 Å². The highest BCUT2D eigenvalue weighted by atomic mass is 16.5. The highest BCUT2D eigenvalue weighted by molar-refractivity contribution is 5.90. The molecule has 0 bridgehead atoms. The van der Waals surface area contributed by atoms with Crippen molar-refractivity contribution >= 4 is 5.97 Å². The fourth-order valence-corrected chi connectivity index (χ4v) is 1.38. The first-order valence-electron chi connectivity index (χ1n) is 4.00. The Morgan fingerprint density at radius 2 is 2.17 bits per heavy atom. The molecule has 0 spiro atoms. The quantitative estimate of drug-likeness (QED) is 0.554. The van der Waals surface area contributed by atoms with Gasteiger partial charge in [-0.2, -0.15) is 5.26 Å². The van der Waals surface area contributed by atoms with Crippen LogP contribution in [-0.2, 0) is 9.53 Å². The lowest BCUT2D eigenvalue weighted by Crippen LogP contribution is -2.10. The Morgan fingerprint density at radius 3 is 2.75 bits per heavy atom. The summed E-state index contributed by atoms with van der Waals surface area (Å²) < 4.78 is 4.57. The van der Waals surface area contributed by atoms with Gasteiger partial charge in [-0.15, -0.1) is 0 Å². The fraction of sp³-hybridized carbons (Fsp3) is 0.556. The molecular formula is C9H11NO2. The molecule has 0 unspecified atom stereocenters. The standard InChI is InChI=1S/C9H11NO2/c1-12-9(11)8-5-3-2-4-7(8)6-10/h2-5H2,1H3. The molecule has 0 saturated carbocycles. The van der Waals surface area contributed by atoms with E-state index in [1.807, 2.05) is 6.07 Å². The van der Waals surface area contributed by atoms with Gasteiger partial charge in [0.15, 0.2) is 0 Å². The maximum absolute atomic E-state index is 11.1. The van der Waals surface area contributed by atoms with Crippen molar-refractivity contribution in [3.63, 3.8) is 0 Å². The molecule has 1 aliphatic carbocycles. The van der Waals surface area contributed by atoms with Gasteiger partial charge in [-0.3, -0.25) is 0 Å². The monoisotopic (exact) mass is 165 g/mol. The zero-order chi connectivity index (χ0) is 8.97. The van der Waals surface area contributed by atoms with Crippen molar-refractivity contribution in [2.24, 2.45) is 0 Å². The summed E-state index contributed by atoms with van der Waals surface area (Å²) in [5, 5.41) is 8.69. The summed E-state index contributed by atoms with van der Waals surface area (Å²) >= 11 is 0. The van der Waals surface area contributed by atoms with Crippen LogP contribution in [0.15, 0.2) is 11.1 Å². The van der Waals surface area contributed by atoms with E-state index in [4.69, 9.17) is 5.26 Å². The number of carbonyl (C=O) groups is 1. The lowest BCUT2D eigenvalue weighted by molar-refractivity contribution is -0.136. The fourth-order valence-electron chi connectivity index (χ4n) is 1.38. The molecular weight excluding hydrogens is 154 g/mol. The molecule has 0 atom stereocenters. The van der Waals surface area contributed by atoms with Crippen LogP contribution in [0.1, 0.15) is 25.7 Å². The van der Waals surface area contributed by atoms with Crippen molar-refractivity contribution in [3.8, 4) is 6.07 Å². The van der Waals surface area contributed by atoms with Crippen molar-refractivity contribution in [2.45, 2.75) is 25.7 Å². The predicted molar refractivity (Wildman–Crippen MR) is 43.1 cm³/mol. The molecule has 0 radical (unpaired) electrons. The lowest BCUT2D eigenvalue weighted by Gasteiger charge is -2.13. The third-order valence-electron chi connectivity index (χ3n) is 2.03. The van der Waals surface area contributed by atoms with Gasteiger partial charge in [0, 0.05) is 5.57 Å². The summed E-state index contributed by atoms with van der Waals surface area (Å²) in [6, 6.07) is 2.05. The van der Waals surface area contributed by atoms with E-state index in [1.165, 1.54) is 7.11 Å². The van der Waals surface area contributed by atoms with E-state index in [1.54, 1.807) is 0 Å². The highest BCUT2D eigenvalue weighted by Crippen LogP contribution is 2.24. The number of carbonyl (C=O) groups excluding carboxylic acids is 1. The maximum Gasteiger partial charge on any atom is 0.334 e. The lowest BCUT2D eigenvalue weighted by atomic mass is 9.93. The minimum Gasteiger partial charge on any atom is -0.466 e. The van der Waals surface area contributed by atoms with Gasteiger partial charge >= 0.3 is 5.97 Å². The zero-order valence-corrected chi connectivity index (χ0v) is 7.09. The van der Waals surface area contributed by atoms with Gasteiger partial charge in [0.05, 0.1) is 18.8 Å². The summed E-state index contributed by atoms with van der Waals surface area (Å²) in [4.78, 5) is 11.1. The Balaban J connectivity index is 2.89. The molecule has 1 rings (SSSR count). The number of hydrogen-bond donors (Lipinski definition) is 0. The van der Waals surface area contributed by atoms with Gasteiger partial charge in [-0.05, 0) is 25.7 Å². The Bertz CT molecular complexity index is 260. The van der Waals surface area contributed by atoms with Gasteiger partial charge in [-0.1, -0.05) is 0 Å². The van der Waals surface area contributed by atoms with E-state index in [0.717, 1.165) is 19.3 Å². The van der Waals surface area contributed by atoms with Crippen molar-refractivity contribution in [2.75, 3.05) is 7.11 Å². The summed E-state index contributed by atoms with van der Waals surface area (Å²) in [6.07, 6.45) is 3.40. The molecule has 0 aromatic carbocycles. The normalized spacial score (nSPS) is 17.0. The van der Waals surface area contributed by atoms with E-state index in [9.17, 15) is 4.79 Å². The van der Waals surface area contributed by atoms with Crippen LogP contribution in [0.5, 0.6) is 0 Å². The molecule has 0 saturated heterocycles. The Hall–Kier alpha value is -1.30. The Morgan fingerprint density at radius 1 is 1.50 bits per heavy atom. The van der Waals surface area contributed by atoms with Crippen LogP contribution in [-0.4, -0.2) is 13.1 Å². The zero-order valence-electron chi connectivity index (χ0n) is 7.09. The third kappa shape index (κ3) is 1.65. The molecule has 0 heterocycles. The van der Waals surface area contributed by atoms with Gasteiger partial charge in [0.25, 0.3) is 0 Å². The average Bonchev–Trinajstić information content (AvgIpc) is 2.16. The van der Waals surface area contributed by atoms with Crippen LogP contribution in [0.3, 0.4) is 0 Å². The van der Waals surface area contributed by atoms with E-state index in [2.05, 4.69) is 4.74 Å². The second kappa shape index (κ2) is 3.91. The number of hydrogen-bond acceptors (Lipinski definition) is 3. The number of nitriles is 1. The molecule has 1 aliphatic rings. The smallest absolute Gasteiger partial charge is 0.334 e. The molecule has 0 aromatic heterocycles. The van der Waals surface area contributed by atoms with Crippen molar-refractivity contribution in [1.29, 1.82) is 5.26 Å². The first-order chi connectivity index (χ1) is 5.79. The van der Waals surface area contributed by atoms with E-state index >= 15 is 0 Å². The van der Waals surface area contributed by atoms with Gasteiger partial charge in [0.1, 0.15) is 0 Å². The number of esters is 1. The van der Waals surface area contributed by atoms with E-state index in [-0.39, 0.29) is 5.97 Å². The third-order valence-corrected chi connectivity index (χ3v) is 2.03. The summed E-state index contributed by atoms with van der Waals surface area (Å²) in [5.41, 5.74) is 1.18. The largest absolute Gasteiger partial charge is 0.466 e. The molecule has 3 heteroatoms. The predicted octanol–water partition coefficient (Wildman–Crippen LogP) is 1.55. The molecule has 0 fully saturated rings. The second-order valence-electron chi connectivity index (χ2n) is 2.77. The number of rotatable bonds is 1. The second-order valence-corrected chi connectivity index (χ2v) is 2.77. The Labute approximate surface area is 71.6 Å². The molecule has 0 aliphatic heterocycles. The van der Waals surface area contributed by atoms with Gasteiger partial charge in [-0.25, -0.2) is 4.79 Å². The molecule has 0 aromatic rings. The molecule has 0 N–H and O–H groups in total. The van der Waals surface area contributed by atoms with Crippen LogP contribution >= 0.6 is 0 Å². The SMILES string of the molecule is COC(=O)C1=C(C#N)CCCC1. The van der Waals surface area contributed by atoms with Crippen LogP contribution in [0.2, 0.25) is 0 Å². The first kappa shape index (κ1) is 8.79. The van der Waals surface area contributed by atoms with Crippen LogP contribution in [0, 0.1) is 11.3 Å². The molecule has 64 valence electrons. The van der Waals surface area contributed by atoms with E-state index in [0.29, 0.717) is 17.6 Å². The summed E-state index contributed by atoms with van der Waals surface area (Å²) in [6.45, 7) is 0. The van der Waals surface area contributed by atoms with Crippen molar-refractivity contribution in [3.05, 3.63) is 11.1 Å². The van der Waals surface area contributed by atoms with Crippen LogP contribution < -0.4 is 0 Å². The van der Waals surface area contributed by atoms with Crippen molar-refractivity contribution < 1.29 is 9.53 Å². The molecule has 0 amide bonds. The van der Waals surface area contributed by atoms with Gasteiger partial charge in [0.2, 0.25) is 0 Å². The first-order valence-corrected chi connectivity index (χ1v) is 4.00. The Kier molecular flexibility index (Phi) is 2.87. The summed E-state index contributed by atoms with van der Waals surface area (Å²) in [7, 11) is 1.35. The number of allylic oxidation sites excluding steroid dienone is 1. The molecule has 3 nitrogen and oxygen atoms in total. The molecule has 12 heavy (non-hydrogen) atoms. The minimum atomic E-state index is -0.341.